The van der Waals surface area contributed by atoms with E-state index in [4.69, 9.17) is 9.47 Å². The molecule has 0 spiro atoms. The van der Waals surface area contributed by atoms with Crippen LogP contribution in [0.2, 0.25) is 0 Å². The third kappa shape index (κ3) is 5.33. The summed E-state index contributed by atoms with van der Waals surface area (Å²) in [5, 5.41) is 0. The Morgan fingerprint density at radius 1 is 0.960 bits per heavy atom. The molecule has 4 nitrogen and oxygen atoms in total. The van der Waals surface area contributed by atoms with Crippen LogP contribution in [0.15, 0.2) is 48.5 Å². The summed E-state index contributed by atoms with van der Waals surface area (Å²) in [4.78, 5) is 14.4. The Morgan fingerprint density at radius 3 is 2.32 bits per heavy atom. The molecule has 134 valence electrons. The van der Waals surface area contributed by atoms with E-state index in [-0.39, 0.29) is 5.91 Å². The Bertz CT molecular complexity index is 666. The molecule has 0 aliphatic carbocycles. The average molecular weight is 341 g/mol. The summed E-state index contributed by atoms with van der Waals surface area (Å²) in [6.45, 7) is 8.83. The van der Waals surface area contributed by atoms with Gasteiger partial charge in [0.1, 0.15) is 5.75 Å². The highest BCUT2D eigenvalue weighted by molar-refractivity contribution is 5.94. The van der Waals surface area contributed by atoms with Crippen LogP contribution in [0.5, 0.6) is 5.75 Å². The molecule has 0 atom stereocenters. The fourth-order valence-electron chi connectivity index (χ4n) is 2.67. The summed E-state index contributed by atoms with van der Waals surface area (Å²) in [5.41, 5.74) is 2.69. The van der Waals surface area contributed by atoms with Crippen LogP contribution >= 0.6 is 0 Å². The molecule has 0 aliphatic heterocycles. The molecule has 0 heterocycles. The Kier molecular flexibility index (Phi) is 7.48. The lowest BCUT2D eigenvalue weighted by atomic mass is 10.1. The molecule has 4 heteroatoms. The molecule has 25 heavy (non-hydrogen) atoms. The number of benzene rings is 2. The summed E-state index contributed by atoms with van der Waals surface area (Å²) in [6.07, 6.45) is 0. The SMILES string of the molecule is CCOc1ccc(C(=O)N(CC)CC)cc1COCc1ccccc1. The molecule has 0 radical (unpaired) electrons. The van der Waals surface area contributed by atoms with Gasteiger partial charge in [0, 0.05) is 24.2 Å². The minimum Gasteiger partial charge on any atom is -0.494 e. The minimum atomic E-state index is 0.0392. The van der Waals surface area contributed by atoms with Gasteiger partial charge in [-0.05, 0) is 44.5 Å². The highest BCUT2D eigenvalue weighted by Gasteiger charge is 2.15. The topological polar surface area (TPSA) is 38.8 Å². The average Bonchev–Trinajstić information content (AvgIpc) is 2.65. The second-order valence-corrected chi connectivity index (χ2v) is 5.71. The number of rotatable bonds is 9. The summed E-state index contributed by atoms with van der Waals surface area (Å²) in [7, 11) is 0. The van der Waals surface area contributed by atoms with Crippen LogP contribution < -0.4 is 4.74 Å². The van der Waals surface area contributed by atoms with Gasteiger partial charge in [0.2, 0.25) is 0 Å². The van der Waals surface area contributed by atoms with Crippen molar-refractivity contribution in [3.63, 3.8) is 0 Å². The van der Waals surface area contributed by atoms with Crippen molar-refractivity contribution in [3.05, 3.63) is 65.2 Å². The van der Waals surface area contributed by atoms with Gasteiger partial charge in [-0.2, -0.15) is 0 Å². The van der Waals surface area contributed by atoms with Crippen molar-refractivity contribution < 1.29 is 14.3 Å². The van der Waals surface area contributed by atoms with Gasteiger partial charge in [0.25, 0.3) is 5.91 Å². The normalized spacial score (nSPS) is 10.5. The Hall–Kier alpha value is -2.33. The van der Waals surface area contributed by atoms with Gasteiger partial charge in [-0.3, -0.25) is 4.79 Å². The molecule has 0 fully saturated rings. The van der Waals surface area contributed by atoms with Gasteiger partial charge in [-0.1, -0.05) is 30.3 Å². The van der Waals surface area contributed by atoms with E-state index >= 15 is 0 Å². The second-order valence-electron chi connectivity index (χ2n) is 5.71. The number of carbonyl (C=O) groups is 1. The van der Waals surface area contributed by atoms with E-state index in [2.05, 4.69) is 0 Å². The number of hydrogen-bond donors (Lipinski definition) is 0. The minimum absolute atomic E-state index is 0.0392. The standard InChI is InChI=1S/C21H27NO3/c1-4-22(5-2)21(23)18-12-13-20(25-6-3)19(14-18)16-24-15-17-10-8-7-9-11-17/h7-14H,4-6,15-16H2,1-3H3. The molecule has 0 saturated heterocycles. The molecular weight excluding hydrogens is 314 g/mol. The van der Waals surface area contributed by atoms with E-state index in [9.17, 15) is 4.79 Å². The molecular formula is C21H27NO3. The summed E-state index contributed by atoms with van der Waals surface area (Å²) in [6, 6.07) is 15.6. The molecule has 0 unspecified atom stereocenters. The van der Waals surface area contributed by atoms with E-state index in [0.29, 0.717) is 38.5 Å². The predicted octanol–water partition coefficient (Wildman–Crippen LogP) is 4.28. The zero-order valence-corrected chi connectivity index (χ0v) is 15.3. The van der Waals surface area contributed by atoms with Crippen molar-refractivity contribution in [3.8, 4) is 5.75 Å². The molecule has 0 saturated carbocycles. The van der Waals surface area contributed by atoms with E-state index in [0.717, 1.165) is 16.9 Å². The summed E-state index contributed by atoms with van der Waals surface area (Å²) in [5.74, 6) is 0.809. The van der Waals surface area contributed by atoms with E-state index in [1.165, 1.54) is 0 Å². The molecule has 0 N–H and O–H groups in total. The van der Waals surface area contributed by atoms with Crippen molar-refractivity contribution >= 4 is 5.91 Å². The van der Waals surface area contributed by atoms with Crippen LogP contribution in [0.1, 0.15) is 42.3 Å². The van der Waals surface area contributed by atoms with Gasteiger partial charge in [0.15, 0.2) is 0 Å². The molecule has 2 rings (SSSR count). The fraction of sp³-hybridized carbons (Fsp3) is 0.381. The van der Waals surface area contributed by atoms with Crippen molar-refractivity contribution in [1.82, 2.24) is 4.90 Å². The maximum atomic E-state index is 12.6. The number of ether oxygens (including phenoxy) is 2. The third-order valence-corrected chi connectivity index (χ3v) is 4.03. The first-order chi connectivity index (χ1) is 12.2. The first-order valence-corrected chi connectivity index (χ1v) is 8.86. The molecule has 2 aromatic carbocycles. The van der Waals surface area contributed by atoms with Crippen LogP contribution in [0.4, 0.5) is 0 Å². The van der Waals surface area contributed by atoms with Crippen molar-refractivity contribution in [2.24, 2.45) is 0 Å². The summed E-state index contributed by atoms with van der Waals surface area (Å²) >= 11 is 0. The van der Waals surface area contributed by atoms with Crippen molar-refractivity contribution in [2.75, 3.05) is 19.7 Å². The lowest BCUT2D eigenvalue weighted by Crippen LogP contribution is -2.30. The van der Waals surface area contributed by atoms with Gasteiger partial charge >= 0.3 is 0 Å². The fourth-order valence-corrected chi connectivity index (χ4v) is 2.67. The van der Waals surface area contributed by atoms with Gasteiger partial charge in [0.05, 0.1) is 19.8 Å². The summed E-state index contributed by atoms with van der Waals surface area (Å²) < 4.78 is 11.5. The Balaban J connectivity index is 2.12. The lowest BCUT2D eigenvalue weighted by Gasteiger charge is -2.20. The molecule has 2 aromatic rings. The predicted molar refractivity (Wildman–Crippen MR) is 99.8 cm³/mol. The zero-order valence-electron chi connectivity index (χ0n) is 15.3. The zero-order chi connectivity index (χ0) is 18.1. The van der Waals surface area contributed by atoms with E-state index in [1.54, 1.807) is 0 Å². The lowest BCUT2D eigenvalue weighted by molar-refractivity contribution is 0.0772. The highest BCUT2D eigenvalue weighted by Crippen LogP contribution is 2.23. The second kappa shape index (κ2) is 9.84. The third-order valence-electron chi connectivity index (χ3n) is 4.03. The van der Waals surface area contributed by atoms with Crippen LogP contribution in [-0.2, 0) is 18.0 Å². The van der Waals surface area contributed by atoms with E-state index < -0.39 is 0 Å². The largest absolute Gasteiger partial charge is 0.494 e. The van der Waals surface area contributed by atoms with E-state index in [1.807, 2.05) is 74.2 Å². The molecule has 0 aromatic heterocycles. The molecule has 0 aliphatic rings. The van der Waals surface area contributed by atoms with Gasteiger partial charge < -0.3 is 14.4 Å². The van der Waals surface area contributed by atoms with Crippen molar-refractivity contribution in [1.29, 1.82) is 0 Å². The van der Waals surface area contributed by atoms with Crippen LogP contribution in [0, 0.1) is 0 Å². The maximum absolute atomic E-state index is 12.6. The first kappa shape index (κ1) is 19.0. The number of carbonyl (C=O) groups excluding carboxylic acids is 1. The highest BCUT2D eigenvalue weighted by atomic mass is 16.5. The quantitative estimate of drug-likeness (QED) is 0.683. The Labute approximate surface area is 150 Å². The molecule has 1 amide bonds. The van der Waals surface area contributed by atoms with Gasteiger partial charge in [-0.25, -0.2) is 0 Å². The number of nitrogens with zero attached hydrogens (tertiary/aromatic N) is 1. The molecule has 0 bridgehead atoms. The van der Waals surface area contributed by atoms with Crippen molar-refractivity contribution in [2.45, 2.75) is 34.0 Å². The smallest absolute Gasteiger partial charge is 0.253 e. The van der Waals surface area contributed by atoms with Crippen LogP contribution in [-0.4, -0.2) is 30.5 Å². The number of amides is 1. The monoisotopic (exact) mass is 341 g/mol. The van der Waals surface area contributed by atoms with Crippen LogP contribution in [0.25, 0.3) is 0 Å². The number of hydrogen-bond acceptors (Lipinski definition) is 3. The maximum Gasteiger partial charge on any atom is 0.253 e. The van der Waals surface area contributed by atoms with Crippen LogP contribution in [0.3, 0.4) is 0 Å². The first-order valence-electron chi connectivity index (χ1n) is 8.86. The van der Waals surface area contributed by atoms with Gasteiger partial charge in [-0.15, -0.1) is 0 Å². The Morgan fingerprint density at radius 2 is 1.68 bits per heavy atom.